The van der Waals surface area contributed by atoms with E-state index in [0.717, 1.165) is 31.4 Å². The van der Waals surface area contributed by atoms with Crippen LogP contribution in [0.5, 0.6) is 0 Å². The number of carbonyl (C=O) groups is 3. The summed E-state index contributed by atoms with van der Waals surface area (Å²) in [6.07, 6.45) is 1.01. The van der Waals surface area contributed by atoms with Gasteiger partial charge >= 0.3 is 17.9 Å². The predicted molar refractivity (Wildman–Crippen MR) is 125 cm³/mol. The molecule has 2 rings (SSSR count). The maximum Gasteiger partial charge on any atom is 0.339 e. The normalized spacial score (nSPS) is 12.8. The Morgan fingerprint density at radius 2 is 1.56 bits per heavy atom. The lowest BCUT2D eigenvalue weighted by Crippen LogP contribution is -2.37. The van der Waals surface area contributed by atoms with Gasteiger partial charge in [-0.2, -0.15) is 0 Å². The number of rotatable bonds is 10. The lowest BCUT2D eigenvalue weighted by molar-refractivity contribution is -0.148. The van der Waals surface area contributed by atoms with Crippen LogP contribution in [0.15, 0.2) is 47.4 Å². The number of esters is 3. The van der Waals surface area contributed by atoms with Crippen LogP contribution >= 0.6 is 0 Å². The molecule has 9 nitrogen and oxygen atoms in total. The molecule has 0 aliphatic carbocycles. The van der Waals surface area contributed by atoms with Crippen LogP contribution in [0, 0.1) is 11.6 Å². The third-order valence-corrected chi connectivity index (χ3v) is 5.88. The number of hydrogen-bond acceptors (Lipinski definition) is 9. The van der Waals surface area contributed by atoms with E-state index in [1.807, 2.05) is 0 Å². The quantitative estimate of drug-likeness (QED) is 0.214. The minimum atomic E-state index is -3.54. The number of ether oxygens (including phenoxy) is 3. The molecular formula is C24H25F2NO8S. The second-order valence-corrected chi connectivity index (χ2v) is 9.53. The first-order chi connectivity index (χ1) is 16.8. The number of carbonyl (C=O) groups excluding carboxylic acids is 3. The first kappa shape index (κ1) is 28.6. The summed E-state index contributed by atoms with van der Waals surface area (Å²) in [6, 6.07) is 6.57. The lowest BCUT2D eigenvalue weighted by Gasteiger charge is -2.17. The Kier molecular flexibility index (Phi) is 9.82. The molecular weight excluding hydrogens is 500 g/mol. The van der Waals surface area contributed by atoms with Crippen molar-refractivity contribution in [3.63, 3.8) is 0 Å². The van der Waals surface area contributed by atoms with Crippen molar-refractivity contribution < 1.29 is 45.8 Å². The number of hydrogen-bond donors (Lipinski definition) is 1. The third-order valence-electron chi connectivity index (χ3n) is 4.75. The Morgan fingerprint density at radius 3 is 2.08 bits per heavy atom. The van der Waals surface area contributed by atoms with E-state index in [1.165, 1.54) is 24.3 Å². The fourth-order valence-corrected chi connectivity index (χ4v) is 3.63. The summed E-state index contributed by atoms with van der Waals surface area (Å²) in [5.74, 6) is -5.05. The van der Waals surface area contributed by atoms with Gasteiger partial charge in [0.2, 0.25) is 0 Å². The Labute approximate surface area is 206 Å². The average Bonchev–Trinajstić information content (AvgIpc) is 2.81. The third kappa shape index (κ3) is 7.68. The van der Waals surface area contributed by atoms with Crippen LogP contribution in [0.25, 0.3) is 11.1 Å². The Balaban J connectivity index is 2.65. The molecule has 0 aliphatic rings. The van der Waals surface area contributed by atoms with Gasteiger partial charge in [0.25, 0.3) is 0 Å². The molecule has 0 unspecified atom stereocenters. The van der Waals surface area contributed by atoms with Crippen molar-refractivity contribution in [3.8, 4) is 0 Å². The van der Waals surface area contributed by atoms with Crippen LogP contribution in [0.3, 0.4) is 0 Å². The smallest absolute Gasteiger partial charge is 0.339 e. The van der Waals surface area contributed by atoms with Gasteiger partial charge in [-0.3, -0.25) is 9.59 Å². The first-order valence-corrected chi connectivity index (χ1v) is 12.5. The number of halogens is 2. The molecule has 0 saturated heterocycles. The van der Waals surface area contributed by atoms with E-state index in [-0.39, 0.29) is 33.8 Å². The van der Waals surface area contributed by atoms with E-state index in [1.54, 1.807) is 6.92 Å². The number of nitrogens with two attached hydrogens (primary N) is 1. The molecule has 1 atom stereocenters. The van der Waals surface area contributed by atoms with Crippen LogP contribution in [-0.4, -0.2) is 58.4 Å². The SMILES string of the molecule is CCOC(=O)[C@@H](N)COC(=O)C(=C(COC(C)=O)c1ccc(S(C)(=O)=O)cc1)c1ccc(F)c(F)c1. The molecule has 194 valence electrons. The molecule has 0 heterocycles. The zero-order valence-corrected chi connectivity index (χ0v) is 20.6. The zero-order valence-electron chi connectivity index (χ0n) is 19.7. The molecule has 12 heteroatoms. The van der Waals surface area contributed by atoms with Gasteiger partial charge < -0.3 is 19.9 Å². The summed E-state index contributed by atoms with van der Waals surface area (Å²) in [6.45, 7) is 1.64. The van der Waals surface area contributed by atoms with Crippen molar-refractivity contribution in [2.75, 3.05) is 26.1 Å². The highest BCUT2D eigenvalue weighted by Gasteiger charge is 2.25. The van der Waals surface area contributed by atoms with Crippen molar-refractivity contribution >= 4 is 38.9 Å². The van der Waals surface area contributed by atoms with Crippen LogP contribution in [-0.2, 0) is 38.4 Å². The van der Waals surface area contributed by atoms with Crippen LogP contribution in [0.1, 0.15) is 25.0 Å². The van der Waals surface area contributed by atoms with Crippen molar-refractivity contribution in [3.05, 3.63) is 65.2 Å². The zero-order chi connectivity index (χ0) is 27.0. The molecule has 2 aromatic carbocycles. The monoisotopic (exact) mass is 525 g/mol. The maximum absolute atomic E-state index is 14.1. The Morgan fingerprint density at radius 1 is 0.944 bits per heavy atom. The lowest BCUT2D eigenvalue weighted by atomic mass is 9.94. The standard InChI is InChI=1S/C24H25F2NO8S/c1-4-33-23(29)21(27)13-35-24(30)22(16-7-10-19(25)20(26)11-16)18(12-34-14(2)28)15-5-8-17(9-6-15)36(3,31)32/h5-11,21H,4,12-13,27H2,1-3H3/t21-/m0/s1. The van der Waals surface area contributed by atoms with E-state index in [0.29, 0.717) is 0 Å². The van der Waals surface area contributed by atoms with E-state index >= 15 is 0 Å². The maximum atomic E-state index is 14.1. The number of sulfone groups is 1. The highest BCUT2D eigenvalue weighted by atomic mass is 32.2. The van der Waals surface area contributed by atoms with Gasteiger partial charge in [0.05, 0.1) is 17.1 Å². The molecule has 0 amide bonds. The van der Waals surface area contributed by atoms with Crippen LogP contribution < -0.4 is 5.73 Å². The first-order valence-electron chi connectivity index (χ1n) is 10.6. The van der Waals surface area contributed by atoms with Gasteiger partial charge in [0.15, 0.2) is 21.5 Å². The fraction of sp³-hybridized carbons (Fsp3) is 0.292. The molecule has 0 saturated carbocycles. The van der Waals surface area contributed by atoms with E-state index in [9.17, 15) is 31.6 Å². The molecule has 0 aromatic heterocycles. The van der Waals surface area contributed by atoms with Crippen molar-refractivity contribution in [2.45, 2.75) is 24.8 Å². The van der Waals surface area contributed by atoms with Gasteiger partial charge in [-0.05, 0) is 42.3 Å². The fourth-order valence-electron chi connectivity index (χ4n) is 3.00. The predicted octanol–water partition coefficient (Wildman–Crippen LogP) is 2.28. The molecule has 0 aliphatic heterocycles. The Hall–Kier alpha value is -3.64. The molecule has 2 N–H and O–H groups in total. The van der Waals surface area contributed by atoms with E-state index in [4.69, 9.17) is 19.9 Å². The topological polar surface area (TPSA) is 139 Å². The van der Waals surface area contributed by atoms with Gasteiger partial charge in [-0.25, -0.2) is 22.0 Å². The number of benzene rings is 2. The summed E-state index contributed by atoms with van der Waals surface area (Å²) in [5.41, 5.74) is 5.46. The Bertz CT molecular complexity index is 1270. The molecule has 0 fully saturated rings. The van der Waals surface area contributed by atoms with Gasteiger partial charge in [0, 0.05) is 18.8 Å². The summed E-state index contributed by atoms with van der Waals surface area (Å²) in [5, 5.41) is 0. The van der Waals surface area contributed by atoms with Crippen LogP contribution in [0.4, 0.5) is 8.78 Å². The summed E-state index contributed by atoms with van der Waals surface area (Å²) in [4.78, 5) is 36.5. The van der Waals surface area contributed by atoms with E-state index in [2.05, 4.69) is 0 Å². The minimum absolute atomic E-state index is 0.00552. The minimum Gasteiger partial charge on any atom is -0.465 e. The van der Waals surface area contributed by atoms with Gasteiger partial charge in [0.1, 0.15) is 19.3 Å². The van der Waals surface area contributed by atoms with Crippen molar-refractivity contribution in [1.82, 2.24) is 0 Å². The van der Waals surface area contributed by atoms with Gasteiger partial charge in [-0.1, -0.05) is 18.2 Å². The van der Waals surface area contributed by atoms with E-state index < -0.39 is 58.6 Å². The average molecular weight is 526 g/mol. The van der Waals surface area contributed by atoms with Crippen molar-refractivity contribution in [2.24, 2.45) is 5.73 Å². The highest BCUT2D eigenvalue weighted by Crippen LogP contribution is 2.30. The molecule has 0 radical (unpaired) electrons. The second kappa shape index (κ2) is 12.4. The van der Waals surface area contributed by atoms with Gasteiger partial charge in [-0.15, -0.1) is 0 Å². The van der Waals surface area contributed by atoms with Crippen LogP contribution in [0.2, 0.25) is 0 Å². The second-order valence-electron chi connectivity index (χ2n) is 7.52. The molecule has 0 bridgehead atoms. The highest BCUT2D eigenvalue weighted by molar-refractivity contribution is 7.90. The largest absolute Gasteiger partial charge is 0.465 e. The molecule has 2 aromatic rings. The summed E-state index contributed by atoms with van der Waals surface area (Å²) in [7, 11) is -3.54. The summed E-state index contributed by atoms with van der Waals surface area (Å²) < 4.78 is 66.4. The summed E-state index contributed by atoms with van der Waals surface area (Å²) >= 11 is 0. The molecule has 36 heavy (non-hydrogen) atoms. The van der Waals surface area contributed by atoms with Crippen molar-refractivity contribution in [1.29, 1.82) is 0 Å². The molecule has 0 spiro atoms.